The molecule has 94 valence electrons. The molecule has 1 aliphatic heterocycles. The predicted molar refractivity (Wildman–Crippen MR) is 65.7 cm³/mol. The summed E-state index contributed by atoms with van der Waals surface area (Å²) in [6.45, 7) is 5.98. The van der Waals surface area contributed by atoms with Crippen LogP contribution in [-0.4, -0.2) is 46.5 Å². The molecular weight excluding hydrogens is 216 g/mol. The fourth-order valence-electron chi connectivity index (χ4n) is 2.10. The molecule has 0 radical (unpaired) electrons. The SMILES string of the molecule is CCCc1nccn1CC(=O)N1CCNCC1. The fourth-order valence-corrected chi connectivity index (χ4v) is 2.10. The summed E-state index contributed by atoms with van der Waals surface area (Å²) < 4.78 is 1.97. The van der Waals surface area contributed by atoms with E-state index in [1.165, 1.54) is 0 Å². The highest BCUT2D eigenvalue weighted by Crippen LogP contribution is 2.03. The summed E-state index contributed by atoms with van der Waals surface area (Å²) in [6.07, 6.45) is 5.65. The molecule has 5 heteroatoms. The zero-order valence-corrected chi connectivity index (χ0v) is 10.4. The first-order valence-electron chi connectivity index (χ1n) is 6.29. The van der Waals surface area contributed by atoms with Gasteiger partial charge in [0, 0.05) is 45.0 Å². The molecule has 1 fully saturated rings. The summed E-state index contributed by atoms with van der Waals surface area (Å²) in [5.41, 5.74) is 0. The van der Waals surface area contributed by atoms with Gasteiger partial charge < -0.3 is 14.8 Å². The number of amides is 1. The van der Waals surface area contributed by atoms with Crippen molar-refractivity contribution in [2.24, 2.45) is 0 Å². The van der Waals surface area contributed by atoms with Gasteiger partial charge >= 0.3 is 0 Å². The molecule has 1 N–H and O–H groups in total. The van der Waals surface area contributed by atoms with Crippen LogP contribution >= 0.6 is 0 Å². The summed E-state index contributed by atoms with van der Waals surface area (Å²) in [6, 6.07) is 0. The maximum atomic E-state index is 12.1. The van der Waals surface area contributed by atoms with Gasteiger partial charge in [-0.1, -0.05) is 6.92 Å². The normalized spacial score (nSPS) is 16.2. The molecule has 1 aromatic heterocycles. The lowest BCUT2D eigenvalue weighted by Crippen LogP contribution is -2.47. The van der Waals surface area contributed by atoms with E-state index in [0.29, 0.717) is 6.54 Å². The van der Waals surface area contributed by atoms with Crippen LogP contribution in [-0.2, 0) is 17.8 Å². The molecule has 0 saturated carbocycles. The fraction of sp³-hybridized carbons (Fsp3) is 0.667. The van der Waals surface area contributed by atoms with Crippen LogP contribution in [0.15, 0.2) is 12.4 Å². The second-order valence-corrected chi connectivity index (χ2v) is 4.35. The maximum absolute atomic E-state index is 12.1. The summed E-state index contributed by atoms with van der Waals surface area (Å²) in [5.74, 6) is 1.21. The number of aryl methyl sites for hydroxylation is 1. The van der Waals surface area contributed by atoms with Gasteiger partial charge in [-0.3, -0.25) is 4.79 Å². The van der Waals surface area contributed by atoms with Crippen molar-refractivity contribution < 1.29 is 4.79 Å². The number of carbonyl (C=O) groups excluding carboxylic acids is 1. The van der Waals surface area contributed by atoms with Crippen molar-refractivity contribution in [3.63, 3.8) is 0 Å². The molecular formula is C12H20N4O. The lowest BCUT2D eigenvalue weighted by Gasteiger charge is -2.27. The van der Waals surface area contributed by atoms with Gasteiger partial charge in [0.25, 0.3) is 0 Å². The van der Waals surface area contributed by atoms with Crippen LogP contribution in [0.2, 0.25) is 0 Å². The molecule has 0 aliphatic carbocycles. The minimum absolute atomic E-state index is 0.196. The molecule has 0 spiro atoms. The van der Waals surface area contributed by atoms with E-state index >= 15 is 0 Å². The minimum Gasteiger partial charge on any atom is -0.339 e. The van der Waals surface area contributed by atoms with E-state index in [1.54, 1.807) is 6.20 Å². The standard InChI is InChI=1S/C12H20N4O/c1-2-3-11-14-6-9-16(11)10-12(17)15-7-4-13-5-8-15/h6,9,13H,2-5,7-8,10H2,1H3. The van der Waals surface area contributed by atoms with Gasteiger partial charge in [-0.05, 0) is 6.42 Å². The summed E-state index contributed by atoms with van der Waals surface area (Å²) in [5, 5.41) is 3.25. The summed E-state index contributed by atoms with van der Waals surface area (Å²) in [4.78, 5) is 18.3. The summed E-state index contributed by atoms with van der Waals surface area (Å²) >= 11 is 0. The average molecular weight is 236 g/mol. The predicted octanol–water partition coefficient (Wildman–Crippen LogP) is 0.267. The largest absolute Gasteiger partial charge is 0.339 e. The number of hydrogen-bond donors (Lipinski definition) is 1. The van der Waals surface area contributed by atoms with Gasteiger partial charge in [0.15, 0.2) is 0 Å². The van der Waals surface area contributed by atoms with E-state index in [-0.39, 0.29) is 5.91 Å². The Hall–Kier alpha value is -1.36. The Balaban J connectivity index is 1.94. The van der Waals surface area contributed by atoms with Crippen molar-refractivity contribution in [1.29, 1.82) is 0 Å². The van der Waals surface area contributed by atoms with Gasteiger partial charge in [0.2, 0.25) is 5.91 Å². The smallest absolute Gasteiger partial charge is 0.242 e. The number of nitrogens with one attached hydrogen (secondary N) is 1. The molecule has 1 saturated heterocycles. The molecule has 0 aromatic carbocycles. The van der Waals surface area contributed by atoms with Crippen LogP contribution < -0.4 is 5.32 Å². The van der Waals surface area contributed by atoms with Crippen LogP contribution in [0.1, 0.15) is 19.2 Å². The maximum Gasteiger partial charge on any atom is 0.242 e. The van der Waals surface area contributed by atoms with Crippen LogP contribution in [0.5, 0.6) is 0 Å². The number of carbonyl (C=O) groups is 1. The second kappa shape index (κ2) is 5.82. The van der Waals surface area contributed by atoms with Crippen molar-refractivity contribution in [3.05, 3.63) is 18.2 Å². The summed E-state index contributed by atoms with van der Waals surface area (Å²) in [7, 11) is 0. The van der Waals surface area contributed by atoms with E-state index in [1.807, 2.05) is 15.7 Å². The molecule has 0 unspecified atom stereocenters. The van der Waals surface area contributed by atoms with E-state index in [4.69, 9.17) is 0 Å². The van der Waals surface area contributed by atoms with Crippen LogP contribution in [0.4, 0.5) is 0 Å². The Kier molecular flexibility index (Phi) is 4.14. The highest BCUT2D eigenvalue weighted by atomic mass is 16.2. The lowest BCUT2D eigenvalue weighted by molar-refractivity contribution is -0.132. The highest BCUT2D eigenvalue weighted by Gasteiger charge is 2.17. The third-order valence-electron chi connectivity index (χ3n) is 3.05. The molecule has 1 aliphatic rings. The average Bonchev–Trinajstić information content (AvgIpc) is 2.78. The van der Waals surface area contributed by atoms with E-state index in [9.17, 15) is 4.79 Å². The van der Waals surface area contributed by atoms with Gasteiger partial charge in [-0.2, -0.15) is 0 Å². The molecule has 1 amide bonds. The number of rotatable bonds is 4. The van der Waals surface area contributed by atoms with Gasteiger partial charge in [0.05, 0.1) is 0 Å². The third-order valence-corrected chi connectivity index (χ3v) is 3.05. The minimum atomic E-state index is 0.196. The zero-order valence-electron chi connectivity index (χ0n) is 10.4. The Morgan fingerprint density at radius 3 is 2.94 bits per heavy atom. The Morgan fingerprint density at radius 1 is 1.47 bits per heavy atom. The molecule has 5 nitrogen and oxygen atoms in total. The van der Waals surface area contributed by atoms with Gasteiger partial charge in [-0.25, -0.2) is 4.98 Å². The van der Waals surface area contributed by atoms with E-state index < -0.39 is 0 Å². The lowest BCUT2D eigenvalue weighted by atomic mass is 10.3. The molecule has 1 aromatic rings. The molecule has 0 atom stereocenters. The first kappa shape index (κ1) is 12.1. The van der Waals surface area contributed by atoms with Crippen molar-refractivity contribution >= 4 is 5.91 Å². The number of imidazole rings is 1. The second-order valence-electron chi connectivity index (χ2n) is 4.35. The molecule has 2 rings (SSSR count). The van der Waals surface area contributed by atoms with Crippen LogP contribution in [0.3, 0.4) is 0 Å². The number of nitrogens with zero attached hydrogens (tertiary/aromatic N) is 3. The van der Waals surface area contributed by atoms with Crippen LogP contribution in [0, 0.1) is 0 Å². The van der Waals surface area contributed by atoms with Crippen molar-refractivity contribution in [2.45, 2.75) is 26.3 Å². The topological polar surface area (TPSA) is 50.2 Å². The Morgan fingerprint density at radius 2 is 2.24 bits per heavy atom. The highest BCUT2D eigenvalue weighted by molar-refractivity contribution is 5.76. The zero-order chi connectivity index (χ0) is 12.1. The first-order valence-corrected chi connectivity index (χ1v) is 6.29. The number of aromatic nitrogens is 2. The first-order chi connectivity index (χ1) is 8.31. The molecule has 0 bridgehead atoms. The quantitative estimate of drug-likeness (QED) is 0.816. The van der Waals surface area contributed by atoms with Crippen LogP contribution in [0.25, 0.3) is 0 Å². The van der Waals surface area contributed by atoms with E-state index in [2.05, 4.69) is 17.2 Å². The third kappa shape index (κ3) is 3.06. The Bertz CT molecular complexity index is 368. The Labute approximate surface area is 102 Å². The number of hydrogen-bond acceptors (Lipinski definition) is 3. The van der Waals surface area contributed by atoms with E-state index in [0.717, 1.165) is 44.8 Å². The number of piperazine rings is 1. The molecule has 17 heavy (non-hydrogen) atoms. The van der Waals surface area contributed by atoms with Crippen molar-refractivity contribution in [3.8, 4) is 0 Å². The van der Waals surface area contributed by atoms with Crippen molar-refractivity contribution in [1.82, 2.24) is 19.8 Å². The molecule has 2 heterocycles. The van der Waals surface area contributed by atoms with Crippen molar-refractivity contribution in [2.75, 3.05) is 26.2 Å². The van der Waals surface area contributed by atoms with Gasteiger partial charge in [-0.15, -0.1) is 0 Å². The van der Waals surface area contributed by atoms with Gasteiger partial charge in [0.1, 0.15) is 12.4 Å². The monoisotopic (exact) mass is 236 g/mol.